The second kappa shape index (κ2) is 13.1. The Morgan fingerprint density at radius 2 is 1.80 bits per heavy atom. The van der Waals surface area contributed by atoms with E-state index in [9.17, 15) is 13.2 Å². The van der Waals surface area contributed by atoms with Gasteiger partial charge in [-0.3, -0.25) is 9.89 Å². The van der Waals surface area contributed by atoms with E-state index < -0.39 is 11.9 Å². The van der Waals surface area contributed by atoms with Crippen LogP contribution < -0.4 is 10.6 Å². The van der Waals surface area contributed by atoms with Crippen LogP contribution in [-0.4, -0.2) is 42.5 Å². The van der Waals surface area contributed by atoms with Crippen molar-refractivity contribution < 1.29 is 13.2 Å². The number of benzene rings is 1. The highest BCUT2D eigenvalue weighted by Gasteiger charge is 2.33. The van der Waals surface area contributed by atoms with Crippen molar-refractivity contribution in [2.75, 3.05) is 26.7 Å². The molecule has 30 heavy (non-hydrogen) atoms. The van der Waals surface area contributed by atoms with E-state index in [0.717, 1.165) is 36.4 Å². The summed E-state index contributed by atoms with van der Waals surface area (Å²) >= 11 is 1.02. The fraction of sp³-hybridized carbons (Fsp3) is 0.500. The molecule has 0 fully saturated rings. The van der Waals surface area contributed by atoms with E-state index in [1.165, 1.54) is 11.1 Å². The van der Waals surface area contributed by atoms with Gasteiger partial charge < -0.3 is 10.6 Å². The highest BCUT2D eigenvalue weighted by Crippen LogP contribution is 2.30. The molecule has 0 radical (unpaired) electrons. The van der Waals surface area contributed by atoms with E-state index in [4.69, 9.17) is 0 Å². The van der Waals surface area contributed by atoms with Gasteiger partial charge in [0.15, 0.2) is 11.7 Å². The summed E-state index contributed by atoms with van der Waals surface area (Å²) in [5, 5.41) is 7.91. The van der Waals surface area contributed by atoms with Gasteiger partial charge in [0.2, 0.25) is 0 Å². The minimum atomic E-state index is -4.39. The summed E-state index contributed by atoms with van der Waals surface area (Å²) in [5.41, 5.74) is 1.63. The molecule has 0 spiro atoms. The maximum absolute atomic E-state index is 12.6. The third-order valence-electron chi connectivity index (χ3n) is 4.55. The predicted octanol–water partition coefficient (Wildman–Crippen LogP) is 4.53. The smallest absolute Gasteiger partial charge is 0.356 e. The van der Waals surface area contributed by atoms with Gasteiger partial charge in [-0.15, -0.1) is 35.3 Å². The van der Waals surface area contributed by atoms with Crippen LogP contribution in [0.25, 0.3) is 0 Å². The Kier molecular flexibility index (Phi) is 11.6. The van der Waals surface area contributed by atoms with Crippen LogP contribution in [0.4, 0.5) is 13.2 Å². The second-order valence-corrected chi connectivity index (χ2v) is 7.40. The Morgan fingerprint density at radius 3 is 2.37 bits per heavy atom. The number of rotatable bonds is 9. The van der Waals surface area contributed by atoms with Gasteiger partial charge in [0.05, 0.1) is 5.01 Å². The van der Waals surface area contributed by atoms with E-state index in [0.29, 0.717) is 30.5 Å². The average Bonchev–Trinajstić information content (AvgIpc) is 3.19. The standard InChI is InChI=1S/C20H28F3N5S.HI/c1-4-28(5-2)13-16-9-7-6-8-15(16)12-26-19(24-3)25-11-10-18-27-17(14-29-18)20(21,22)23;/h6-9,14H,4-5,10-13H2,1-3H3,(H2,24,25,26);1H. The Balaban J connectivity index is 0.00000450. The average molecular weight is 555 g/mol. The lowest BCUT2D eigenvalue weighted by molar-refractivity contribution is -0.140. The third kappa shape index (κ3) is 8.38. The van der Waals surface area contributed by atoms with Crippen molar-refractivity contribution in [3.05, 3.63) is 51.5 Å². The van der Waals surface area contributed by atoms with Crippen LogP contribution in [0.2, 0.25) is 0 Å². The first-order chi connectivity index (χ1) is 13.9. The number of halogens is 4. The Bertz CT molecular complexity index is 791. The van der Waals surface area contributed by atoms with Crippen LogP contribution in [0.3, 0.4) is 0 Å². The number of nitrogens with one attached hydrogen (secondary N) is 2. The van der Waals surface area contributed by atoms with Crippen molar-refractivity contribution in [3.63, 3.8) is 0 Å². The number of guanidine groups is 1. The number of alkyl halides is 3. The molecule has 1 heterocycles. The summed E-state index contributed by atoms with van der Waals surface area (Å²) < 4.78 is 37.9. The quantitative estimate of drug-likeness (QED) is 0.271. The minimum Gasteiger partial charge on any atom is -0.356 e. The molecule has 0 aliphatic carbocycles. The van der Waals surface area contributed by atoms with Crippen LogP contribution in [-0.2, 0) is 25.7 Å². The highest BCUT2D eigenvalue weighted by molar-refractivity contribution is 14.0. The highest BCUT2D eigenvalue weighted by atomic mass is 127. The van der Waals surface area contributed by atoms with Crippen LogP contribution in [0.15, 0.2) is 34.6 Å². The lowest BCUT2D eigenvalue weighted by atomic mass is 10.1. The van der Waals surface area contributed by atoms with Crippen molar-refractivity contribution >= 4 is 41.3 Å². The SMILES string of the molecule is CCN(CC)Cc1ccccc1CNC(=NC)NCCc1nc(C(F)(F)F)cs1.I. The molecule has 2 aromatic rings. The van der Waals surface area contributed by atoms with Crippen molar-refractivity contribution in [2.45, 2.75) is 39.5 Å². The zero-order valence-electron chi connectivity index (χ0n) is 17.4. The van der Waals surface area contributed by atoms with E-state index in [1.807, 2.05) is 12.1 Å². The Hall–Kier alpha value is -1.40. The molecule has 0 aliphatic rings. The molecule has 5 nitrogen and oxygen atoms in total. The normalized spacial score (nSPS) is 12.0. The van der Waals surface area contributed by atoms with Crippen molar-refractivity contribution in [1.82, 2.24) is 20.5 Å². The molecule has 0 saturated carbocycles. The third-order valence-corrected chi connectivity index (χ3v) is 5.46. The second-order valence-electron chi connectivity index (χ2n) is 6.46. The topological polar surface area (TPSA) is 52.5 Å². The number of thiazole rings is 1. The van der Waals surface area contributed by atoms with Gasteiger partial charge in [-0.05, 0) is 24.2 Å². The number of aromatic nitrogens is 1. The molecule has 10 heteroatoms. The summed E-state index contributed by atoms with van der Waals surface area (Å²) in [6.45, 7) is 8.25. The lowest BCUT2D eigenvalue weighted by Crippen LogP contribution is -2.38. The molecular weight excluding hydrogens is 526 g/mol. The summed E-state index contributed by atoms with van der Waals surface area (Å²) in [5.74, 6) is 0.607. The van der Waals surface area contributed by atoms with Gasteiger partial charge in [-0.1, -0.05) is 38.1 Å². The van der Waals surface area contributed by atoms with Crippen LogP contribution in [0.1, 0.15) is 35.7 Å². The Labute approximate surface area is 197 Å². The monoisotopic (exact) mass is 555 g/mol. The number of nitrogens with zero attached hydrogens (tertiary/aromatic N) is 3. The predicted molar refractivity (Wildman–Crippen MR) is 128 cm³/mol. The van der Waals surface area contributed by atoms with Crippen molar-refractivity contribution in [1.29, 1.82) is 0 Å². The minimum absolute atomic E-state index is 0. The van der Waals surface area contributed by atoms with Gasteiger partial charge in [0.25, 0.3) is 0 Å². The molecule has 2 rings (SSSR count). The largest absolute Gasteiger partial charge is 0.434 e. The van der Waals surface area contributed by atoms with Crippen LogP contribution >= 0.6 is 35.3 Å². The fourth-order valence-electron chi connectivity index (χ4n) is 2.82. The van der Waals surface area contributed by atoms with E-state index >= 15 is 0 Å². The molecular formula is C20H29F3IN5S. The van der Waals surface area contributed by atoms with E-state index in [1.54, 1.807) is 7.05 Å². The maximum Gasteiger partial charge on any atom is 0.434 e. The molecule has 0 bridgehead atoms. The lowest BCUT2D eigenvalue weighted by Gasteiger charge is -2.20. The van der Waals surface area contributed by atoms with E-state index in [2.05, 4.69) is 51.5 Å². The first-order valence-corrected chi connectivity index (χ1v) is 10.5. The molecule has 2 N–H and O–H groups in total. The number of hydrogen-bond donors (Lipinski definition) is 2. The van der Waals surface area contributed by atoms with E-state index in [-0.39, 0.29) is 24.0 Å². The molecule has 1 aromatic heterocycles. The Morgan fingerprint density at radius 1 is 1.13 bits per heavy atom. The van der Waals surface area contributed by atoms with Crippen molar-refractivity contribution in [3.8, 4) is 0 Å². The fourth-order valence-corrected chi connectivity index (χ4v) is 3.62. The van der Waals surface area contributed by atoms with Crippen LogP contribution in [0, 0.1) is 0 Å². The van der Waals surface area contributed by atoms with Crippen molar-refractivity contribution in [2.24, 2.45) is 4.99 Å². The first-order valence-electron chi connectivity index (χ1n) is 9.62. The molecule has 0 unspecified atom stereocenters. The summed E-state index contributed by atoms with van der Waals surface area (Å²) in [6, 6.07) is 8.28. The summed E-state index contributed by atoms with van der Waals surface area (Å²) in [6.07, 6.45) is -3.99. The molecule has 0 aliphatic heterocycles. The molecule has 0 saturated heterocycles. The maximum atomic E-state index is 12.6. The molecule has 168 valence electrons. The van der Waals surface area contributed by atoms with Gasteiger partial charge in [0, 0.05) is 38.5 Å². The number of aliphatic imine (C=N–C) groups is 1. The van der Waals surface area contributed by atoms with Gasteiger partial charge >= 0.3 is 6.18 Å². The molecule has 0 atom stereocenters. The zero-order valence-corrected chi connectivity index (χ0v) is 20.6. The number of hydrogen-bond acceptors (Lipinski definition) is 4. The summed E-state index contributed by atoms with van der Waals surface area (Å²) in [4.78, 5) is 10.2. The van der Waals surface area contributed by atoms with Gasteiger partial charge in [-0.2, -0.15) is 13.2 Å². The summed E-state index contributed by atoms with van der Waals surface area (Å²) in [7, 11) is 1.67. The van der Waals surface area contributed by atoms with Gasteiger partial charge in [-0.25, -0.2) is 4.98 Å². The van der Waals surface area contributed by atoms with Gasteiger partial charge in [0.1, 0.15) is 0 Å². The molecule has 1 aromatic carbocycles. The first kappa shape index (κ1) is 26.6. The zero-order chi connectivity index (χ0) is 21.3. The molecule has 0 amide bonds. The van der Waals surface area contributed by atoms with Crippen LogP contribution in [0.5, 0.6) is 0 Å².